The summed E-state index contributed by atoms with van der Waals surface area (Å²) in [5, 5.41) is 7.00. The summed E-state index contributed by atoms with van der Waals surface area (Å²) in [6, 6.07) is 9.07. The number of nitrogens with one attached hydrogen (secondary N) is 1. The molecule has 0 aliphatic carbocycles. The molecule has 0 saturated heterocycles. The van der Waals surface area contributed by atoms with Gasteiger partial charge in [-0.15, -0.1) is 11.3 Å². The van der Waals surface area contributed by atoms with Crippen LogP contribution in [0.15, 0.2) is 41.0 Å². The number of carbonyl (C=O) groups excluding carboxylic acids is 1. The van der Waals surface area contributed by atoms with Crippen LogP contribution >= 0.6 is 22.9 Å². The van der Waals surface area contributed by atoms with Crippen LogP contribution in [0.5, 0.6) is 0 Å². The van der Waals surface area contributed by atoms with Crippen molar-refractivity contribution in [2.45, 2.75) is 6.54 Å². The minimum atomic E-state index is -0.240. The third kappa shape index (κ3) is 3.01. The monoisotopic (exact) mass is 321 g/mol. The largest absolute Gasteiger partial charge is 0.467 e. The van der Waals surface area contributed by atoms with Gasteiger partial charge in [-0.2, -0.15) is 5.10 Å². The van der Waals surface area contributed by atoms with Crippen molar-refractivity contribution >= 4 is 28.8 Å². The molecule has 108 valence electrons. The Balaban J connectivity index is 1.75. The van der Waals surface area contributed by atoms with E-state index in [0.717, 1.165) is 10.6 Å². The fraction of sp³-hybridized carbons (Fsp3) is 0.143. The van der Waals surface area contributed by atoms with Gasteiger partial charge in [0.25, 0.3) is 5.91 Å². The summed E-state index contributed by atoms with van der Waals surface area (Å²) in [4.78, 5) is 13.1. The van der Waals surface area contributed by atoms with Gasteiger partial charge in [0.1, 0.15) is 5.76 Å². The number of hydrogen-bond donors (Lipinski definition) is 1. The lowest BCUT2D eigenvalue weighted by Gasteiger charge is -1.99. The van der Waals surface area contributed by atoms with E-state index >= 15 is 0 Å². The molecule has 0 aliphatic heterocycles. The molecule has 21 heavy (non-hydrogen) atoms. The topological polar surface area (TPSA) is 60.1 Å². The standard InChI is InChI=1S/C14H12ClN3O2S/c1-18-11(12-4-5-13(15)21-12)7-10(17-18)14(19)16-8-9-3-2-6-20-9/h2-7H,8H2,1H3,(H,16,19). The van der Waals surface area contributed by atoms with E-state index in [9.17, 15) is 4.79 Å². The number of furan rings is 1. The Morgan fingerprint density at radius 2 is 2.33 bits per heavy atom. The molecule has 5 nitrogen and oxygen atoms in total. The number of halogens is 1. The van der Waals surface area contributed by atoms with Gasteiger partial charge >= 0.3 is 0 Å². The van der Waals surface area contributed by atoms with E-state index in [1.807, 2.05) is 12.1 Å². The van der Waals surface area contributed by atoms with Crippen molar-refractivity contribution in [1.82, 2.24) is 15.1 Å². The predicted octanol–water partition coefficient (Wildman–Crippen LogP) is 3.33. The summed E-state index contributed by atoms with van der Waals surface area (Å²) >= 11 is 7.39. The maximum atomic E-state index is 12.1. The van der Waals surface area contributed by atoms with Gasteiger partial charge in [0, 0.05) is 7.05 Å². The predicted molar refractivity (Wildman–Crippen MR) is 81.4 cm³/mol. The van der Waals surface area contributed by atoms with E-state index in [-0.39, 0.29) is 5.91 Å². The van der Waals surface area contributed by atoms with Gasteiger partial charge in [0.2, 0.25) is 0 Å². The molecule has 3 aromatic heterocycles. The van der Waals surface area contributed by atoms with Crippen LogP contribution in [0.25, 0.3) is 10.6 Å². The highest BCUT2D eigenvalue weighted by molar-refractivity contribution is 7.19. The molecule has 1 amide bonds. The Hall–Kier alpha value is -2.05. The third-order valence-electron chi connectivity index (χ3n) is 2.94. The first-order chi connectivity index (χ1) is 10.1. The Kier molecular flexibility index (Phi) is 3.81. The first-order valence-electron chi connectivity index (χ1n) is 6.24. The first-order valence-corrected chi connectivity index (χ1v) is 7.43. The van der Waals surface area contributed by atoms with Gasteiger partial charge in [-0.3, -0.25) is 9.48 Å². The lowest BCUT2D eigenvalue weighted by Crippen LogP contribution is -2.23. The van der Waals surface area contributed by atoms with Crippen LogP contribution in [-0.4, -0.2) is 15.7 Å². The highest BCUT2D eigenvalue weighted by atomic mass is 35.5. The fourth-order valence-electron chi connectivity index (χ4n) is 1.93. The van der Waals surface area contributed by atoms with E-state index in [1.54, 1.807) is 36.2 Å². The highest BCUT2D eigenvalue weighted by Gasteiger charge is 2.15. The molecule has 0 radical (unpaired) electrons. The molecule has 1 N–H and O–H groups in total. The normalized spacial score (nSPS) is 10.8. The van der Waals surface area contributed by atoms with Crippen molar-refractivity contribution in [3.8, 4) is 10.6 Å². The van der Waals surface area contributed by atoms with E-state index in [1.165, 1.54) is 11.3 Å². The molecule has 0 aliphatic rings. The van der Waals surface area contributed by atoms with E-state index in [0.29, 0.717) is 22.3 Å². The Bertz CT molecular complexity index is 761. The molecule has 3 aromatic rings. The van der Waals surface area contributed by atoms with E-state index in [4.69, 9.17) is 16.0 Å². The van der Waals surface area contributed by atoms with Gasteiger partial charge < -0.3 is 9.73 Å². The molecular weight excluding hydrogens is 310 g/mol. The molecule has 3 heterocycles. The van der Waals surface area contributed by atoms with Crippen LogP contribution in [0.4, 0.5) is 0 Å². The van der Waals surface area contributed by atoms with Gasteiger partial charge in [-0.25, -0.2) is 0 Å². The maximum absolute atomic E-state index is 12.1. The number of nitrogens with zero attached hydrogens (tertiary/aromatic N) is 2. The van der Waals surface area contributed by atoms with Crippen molar-refractivity contribution in [1.29, 1.82) is 0 Å². The lowest BCUT2D eigenvalue weighted by atomic mass is 10.3. The summed E-state index contributed by atoms with van der Waals surface area (Å²) in [5.41, 5.74) is 1.22. The van der Waals surface area contributed by atoms with Crippen LogP contribution in [0.3, 0.4) is 0 Å². The van der Waals surface area contributed by atoms with Crippen molar-refractivity contribution in [2.75, 3.05) is 0 Å². The second-order valence-electron chi connectivity index (χ2n) is 4.40. The van der Waals surface area contributed by atoms with Crippen LogP contribution < -0.4 is 5.32 Å². The molecule has 0 unspecified atom stereocenters. The number of rotatable bonds is 4. The number of aromatic nitrogens is 2. The fourth-order valence-corrected chi connectivity index (χ4v) is 3.02. The minimum Gasteiger partial charge on any atom is -0.467 e. The zero-order valence-electron chi connectivity index (χ0n) is 11.2. The maximum Gasteiger partial charge on any atom is 0.272 e. The summed E-state index contributed by atoms with van der Waals surface area (Å²) in [7, 11) is 1.80. The van der Waals surface area contributed by atoms with Crippen LogP contribution in [0, 0.1) is 0 Å². The average molecular weight is 322 g/mol. The van der Waals surface area contributed by atoms with E-state index < -0.39 is 0 Å². The quantitative estimate of drug-likeness (QED) is 0.802. The van der Waals surface area contributed by atoms with Crippen molar-refractivity contribution in [2.24, 2.45) is 7.05 Å². The van der Waals surface area contributed by atoms with Crippen LogP contribution in [0.1, 0.15) is 16.2 Å². The summed E-state index contributed by atoms with van der Waals surface area (Å²) in [6.07, 6.45) is 1.57. The van der Waals surface area contributed by atoms with Crippen molar-refractivity contribution in [3.63, 3.8) is 0 Å². The molecular formula is C14H12ClN3O2S. The van der Waals surface area contributed by atoms with Crippen LogP contribution in [-0.2, 0) is 13.6 Å². The third-order valence-corrected chi connectivity index (χ3v) is 4.20. The van der Waals surface area contributed by atoms with Crippen molar-refractivity contribution < 1.29 is 9.21 Å². The SMILES string of the molecule is Cn1nc(C(=O)NCc2ccco2)cc1-c1ccc(Cl)s1. The molecule has 0 spiro atoms. The second kappa shape index (κ2) is 5.75. The van der Waals surface area contributed by atoms with Gasteiger partial charge in [0.05, 0.1) is 27.7 Å². The zero-order chi connectivity index (χ0) is 14.8. The number of carbonyl (C=O) groups is 1. The van der Waals surface area contributed by atoms with E-state index in [2.05, 4.69) is 10.4 Å². The second-order valence-corrected chi connectivity index (χ2v) is 6.12. The molecule has 0 atom stereocenters. The number of aryl methyl sites for hydroxylation is 1. The minimum absolute atomic E-state index is 0.240. The smallest absolute Gasteiger partial charge is 0.272 e. The molecule has 3 rings (SSSR count). The molecule has 7 heteroatoms. The average Bonchev–Trinajstić information content (AvgIpc) is 3.17. The molecule has 0 fully saturated rings. The molecule has 0 aromatic carbocycles. The number of amides is 1. The van der Waals surface area contributed by atoms with Gasteiger partial charge in [0.15, 0.2) is 5.69 Å². The van der Waals surface area contributed by atoms with Crippen LogP contribution in [0.2, 0.25) is 4.34 Å². The Labute approximate surface area is 130 Å². The Morgan fingerprint density at radius 1 is 1.48 bits per heavy atom. The lowest BCUT2D eigenvalue weighted by molar-refractivity contribution is 0.0942. The summed E-state index contributed by atoms with van der Waals surface area (Å²) in [6.45, 7) is 0.336. The van der Waals surface area contributed by atoms with Gasteiger partial charge in [-0.05, 0) is 30.3 Å². The summed E-state index contributed by atoms with van der Waals surface area (Å²) < 4.78 is 7.54. The first kappa shape index (κ1) is 13.9. The zero-order valence-corrected chi connectivity index (χ0v) is 12.7. The number of thiophene rings is 1. The Morgan fingerprint density at radius 3 is 3.00 bits per heavy atom. The van der Waals surface area contributed by atoms with Crippen molar-refractivity contribution in [3.05, 3.63) is 52.4 Å². The number of hydrogen-bond acceptors (Lipinski definition) is 4. The molecule has 0 saturated carbocycles. The highest BCUT2D eigenvalue weighted by Crippen LogP contribution is 2.31. The summed E-state index contributed by atoms with van der Waals surface area (Å²) in [5.74, 6) is 0.459. The van der Waals surface area contributed by atoms with Gasteiger partial charge in [-0.1, -0.05) is 11.6 Å². The molecule has 0 bridgehead atoms.